The van der Waals surface area contributed by atoms with Crippen molar-refractivity contribution < 1.29 is 19.1 Å². The van der Waals surface area contributed by atoms with Crippen LogP contribution in [0.25, 0.3) is 6.08 Å². The van der Waals surface area contributed by atoms with Crippen LogP contribution >= 0.6 is 11.6 Å². The first kappa shape index (κ1) is 19.9. The lowest BCUT2D eigenvalue weighted by molar-refractivity contribution is 0.0921. The molecular weight excluding hydrogens is 400 g/mol. The standard InChI is InChI=1S/C25H19ClO4/c1-2-16-3-5-17(6-4-16)13-24-25(28)21-12-11-20(14-23(21)30-24)29-15-22(27)18-7-9-19(26)10-8-18/h3-14H,2,15H2,1H3. The topological polar surface area (TPSA) is 52.6 Å². The van der Waals surface area contributed by atoms with Crippen molar-refractivity contribution in [3.8, 4) is 11.5 Å². The van der Waals surface area contributed by atoms with Gasteiger partial charge in [-0.1, -0.05) is 42.8 Å². The van der Waals surface area contributed by atoms with Crippen molar-refractivity contribution in [3.63, 3.8) is 0 Å². The third-order valence-corrected chi connectivity index (χ3v) is 5.12. The predicted octanol–water partition coefficient (Wildman–Crippen LogP) is 5.78. The molecule has 1 aliphatic rings. The van der Waals surface area contributed by atoms with E-state index >= 15 is 0 Å². The number of rotatable bonds is 6. The van der Waals surface area contributed by atoms with E-state index in [1.165, 1.54) is 5.56 Å². The minimum atomic E-state index is -0.173. The van der Waals surface area contributed by atoms with Gasteiger partial charge in [-0.2, -0.15) is 0 Å². The lowest BCUT2D eigenvalue weighted by atomic mass is 10.1. The summed E-state index contributed by atoms with van der Waals surface area (Å²) in [5.74, 6) is 0.808. The van der Waals surface area contributed by atoms with Gasteiger partial charge in [-0.05, 0) is 60.0 Å². The van der Waals surface area contributed by atoms with Gasteiger partial charge in [0, 0.05) is 16.7 Å². The Morgan fingerprint density at radius 3 is 2.47 bits per heavy atom. The first-order valence-electron chi connectivity index (χ1n) is 9.62. The van der Waals surface area contributed by atoms with Gasteiger partial charge in [0.1, 0.15) is 11.5 Å². The largest absolute Gasteiger partial charge is 0.485 e. The fourth-order valence-corrected chi connectivity index (χ4v) is 3.25. The molecular formula is C25H19ClO4. The van der Waals surface area contributed by atoms with Gasteiger partial charge in [0.2, 0.25) is 5.78 Å². The third-order valence-electron chi connectivity index (χ3n) is 4.86. The number of allylic oxidation sites excluding steroid dienone is 1. The highest BCUT2D eigenvalue weighted by Gasteiger charge is 2.27. The lowest BCUT2D eigenvalue weighted by Crippen LogP contribution is -2.11. The zero-order chi connectivity index (χ0) is 21.1. The van der Waals surface area contributed by atoms with E-state index < -0.39 is 0 Å². The lowest BCUT2D eigenvalue weighted by Gasteiger charge is -2.07. The van der Waals surface area contributed by atoms with Crippen molar-refractivity contribution in [1.29, 1.82) is 0 Å². The van der Waals surface area contributed by atoms with E-state index in [9.17, 15) is 9.59 Å². The van der Waals surface area contributed by atoms with Gasteiger partial charge in [-0.3, -0.25) is 9.59 Å². The summed E-state index contributed by atoms with van der Waals surface area (Å²) in [5, 5.41) is 0.568. The summed E-state index contributed by atoms with van der Waals surface area (Å²) in [6, 6.07) is 19.6. The van der Waals surface area contributed by atoms with Gasteiger partial charge >= 0.3 is 0 Å². The van der Waals surface area contributed by atoms with Crippen LogP contribution < -0.4 is 9.47 Å². The number of ketones is 2. The number of carbonyl (C=O) groups is 2. The van der Waals surface area contributed by atoms with Gasteiger partial charge < -0.3 is 9.47 Å². The normalized spacial score (nSPS) is 13.8. The Morgan fingerprint density at radius 1 is 1.03 bits per heavy atom. The number of halogens is 1. The van der Waals surface area contributed by atoms with Crippen LogP contribution in [0.3, 0.4) is 0 Å². The van der Waals surface area contributed by atoms with E-state index in [1.807, 2.05) is 24.3 Å². The monoisotopic (exact) mass is 418 g/mol. The second kappa shape index (κ2) is 8.56. The van der Waals surface area contributed by atoms with Gasteiger partial charge in [-0.15, -0.1) is 0 Å². The highest BCUT2D eigenvalue weighted by molar-refractivity contribution is 6.30. The van der Waals surface area contributed by atoms with Crippen LogP contribution in [-0.4, -0.2) is 18.2 Å². The fourth-order valence-electron chi connectivity index (χ4n) is 3.13. The van der Waals surface area contributed by atoms with E-state index in [-0.39, 0.29) is 23.9 Å². The van der Waals surface area contributed by atoms with Gasteiger partial charge in [-0.25, -0.2) is 0 Å². The molecule has 0 unspecified atom stereocenters. The Kier molecular flexibility index (Phi) is 5.68. The van der Waals surface area contributed by atoms with Crippen molar-refractivity contribution in [1.82, 2.24) is 0 Å². The summed E-state index contributed by atoms with van der Waals surface area (Å²) in [6.45, 7) is 1.97. The number of hydrogen-bond donors (Lipinski definition) is 0. The number of carbonyl (C=O) groups excluding carboxylic acids is 2. The molecule has 0 saturated carbocycles. The van der Waals surface area contributed by atoms with E-state index in [1.54, 1.807) is 48.5 Å². The van der Waals surface area contributed by atoms with Gasteiger partial charge in [0.25, 0.3) is 0 Å². The van der Waals surface area contributed by atoms with Gasteiger partial charge in [0.05, 0.1) is 5.56 Å². The number of hydrogen-bond acceptors (Lipinski definition) is 4. The van der Waals surface area contributed by atoms with E-state index in [0.717, 1.165) is 12.0 Å². The molecule has 0 amide bonds. The summed E-state index contributed by atoms with van der Waals surface area (Å²) < 4.78 is 11.4. The van der Waals surface area contributed by atoms with Gasteiger partial charge in [0.15, 0.2) is 18.1 Å². The Morgan fingerprint density at radius 2 is 1.77 bits per heavy atom. The third kappa shape index (κ3) is 4.29. The SMILES string of the molecule is CCc1ccc(C=C2Oc3cc(OCC(=O)c4ccc(Cl)cc4)ccc3C2=O)cc1. The highest BCUT2D eigenvalue weighted by atomic mass is 35.5. The van der Waals surface area contributed by atoms with Crippen molar-refractivity contribution in [2.45, 2.75) is 13.3 Å². The molecule has 3 aromatic rings. The Hall–Kier alpha value is -3.37. The molecule has 1 aliphatic heterocycles. The summed E-state index contributed by atoms with van der Waals surface area (Å²) >= 11 is 5.84. The maximum absolute atomic E-state index is 12.6. The molecule has 30 heavy (non-hydrogen) atoms. The van der Waals surface area contributed by atoms with Crippen LogP contribution in [0.15, 0.2) is 72.5 Å². The minimum absolute atomic E-state index is 0.124. The maximum Gasteiger partial charge on any atom is 0.231 e. The summed E-state index contributed by atoms with van der Waals surface area (Å²) in [4.78, 5) is 24.9. The van der Waals surface area contributed by atoms with Crippen LogP contribution in [-0.2, 0) is 6.42 Å². The molecule has 0 radical (unpaired) electrons. The molecule has 0 atom stereocenters. The highest BCUT2D eigenvalue weighted by Crippen LogP contribution is 2.35. The molecule has 0 fully saturated rings. The second-order valence-corrected chi connectivity index (χ2v) is 7.35. The molecule has 0 N–H and O–H groups in total. The van der Waals surface area contributed by atoms with E-state index in [2.05, 4.69) is 6.92 Å². The molecule has 4 nitrogen and oxygen atoms in total. The van der Waals surface area contributed by atoms with Crippen molar-refractivity contribution >= 4 is 29.2 Å². The molecule has 0 saturated heterocycles. The molecule has 3 aromatic carbocycles. The van der Waals surface area contributed by atoms with Crippen molar-refractivity contribution in [2.24, 2.45) is 0 Å². The summed E-state index contributed by atoms with van der Waals surface area (Å²) in [6.07, 6.45) is 2.69. The zero-order valence-corrected chi connectivity index (χ0v) is 17.1. The van der Waals surface area contributed by atoms with Crippen molar-refractivity contribution in [2.75, 3.05) is 6.61 Å². The number of benzene rings is 3. The molecule has 0 aliphatic carbocycles. The van der Waals surface area contributed by atoms with E-state index in [0.29, 0.717) is 27.6 Å². The number of Topliss-reactive ketones (excluding diaryl/α,β-unsaturated/α-hetero) is 2. The van der Waals surface area contributed by atoms with Crippen LogP contribution in [0.1, 0.15) is 38.8 Å². The minimum Gasteiger partial charge on any atom is -0.485 e. The molecule has 1 heterocycles. The predicted molar refractivity (Wildman–Crippen MR) is 116 cm³/mol. The zero-order valence-electron chi connectivity index (χ0n) is 16.4. The molecule has 0 aromatic heterocycles. The van der Waals surface area contributed by atoms with Crippen LogP contribution in [0.4, 0.5) is 0 Å². The van der Waals surface area contributed by atoms with Crippen molar-refractivity contribution in [3.05, 3.63) is 99.8 Å². The molecule has 0 bridgehead atoms. The van der Waals surface area contributed by atoms with E-state index in [4.69, 9.17) is 21.1 Å². The molecule has 4 rings (SSSR count). The first-order valence-corrected chi connectivity index (χ1v) is 10.00. The number of aryl methyl sites for hydroxylation is 1. The Balaban J connectivity index is 1.45. The molecule has 150 valence electrons. The van der Waals surface area contributed by atoms with Crippen LogP contribution in [0.5, 0.6) is 11.5 Å². The molecule has 0 spiro atoms. The Labute approximate surface area is 179 Å². The average molecular weight is 419 g/mol. The maximum atomic E-state index is 12.6. The quantitative estimate of drug-likeness (QED) is 0.376. The second-order valence-electron chi connectivity index (χ2n) is 6.91. The smallest absolute Gasteiger partial charge is 0.231 e. The molecule has 5 heteroatoms. The van der Waals surface area contributed by atoms with Crippen LogP contribution in [0, 0.1) is 0 Å². The summed E-state index contributed by atoms with van der Waals surface area (Å²) in [7, 11) is 0. The average Bonchev–Trinajstić information content (AvgIpc) is 3.07. The fraction of sp³-hybridized carbons (Fsp3) is 0.120. The first-order chi connectivity index (χ1) is 14.5. The number of fused-ring (bicyclic) bond motifs is 1. The van der Waals surface area contributed by atoms with Crippen LogP contribution in [0.2, 0.25) is 5.02 Å². The Bertz CT molecular complexity index is 1130. The summed E-state index contributed by atoms with van der Waals surface area (Å²) in [5.41, 5.74) is 3.12. The number of ether oxygens (including phenoxy) is 2.